The second-order valence-electron chi connectivity index (χ2n) is 18.0. The number of carbonyl (C=O) groups is 11. The first-order valence-electron chi connectivity index (χ1n) is 23.7. The molecule has 23 nitrogen and oxygen atoms in total. The topological polar surface area (TPSA) is 374 Å². The van der Waals surface area contributed by atoms with Crippen molar-refractivity contribution in [1.82, 2.24) is 42.1 Å². The Morgan fingerprint density at radius 1 is 0.764 bits per heavy atom. The van der Waals surface area contributed by atoms with Crippen LogP contribution in [0.5, 0.6) is 5.75 Å². The zero-order valence-corrected chi connectivity index (χ0v) is 41.8. The van der Waals surface area contributed by atoms with Crippen LogP contribution in [0.4, 0.5) is 0 Å². The van der Waals surface area contributed by atoms with E-state index in [-0.39, 0.29) is 55.4 Å². The smallest absolute Gasteiger partial charge is 0.246 e. The van der Waals surface area contributed by atoms with Crippen LogP contribution in [-0.4, -0.2) is 136 Å². The van der Waals surface area contributed by atoms with Gasteiger partial charge in [0.05, 0.1) is 19.5 Å². The molecule has 0 radical (unpaired) electrons. The van der Waals surface area contributed by atoms with E-state index in [1.807, 2.05) is 13.8 Å². The van der Waals surface area contributed by atoms with E-state index in [1.54, 1.807) is 56.3 Å². The summed E-state index contributed by atoms with van der Waals surface area (Å²) in [6.07, 6.45) is -1.06. The highest BCUT2D eigenvalue weighted by Gasteiger charge is 2.36. The number of nitrogens with zero attached hydrogens (tertiary/aromatic N) is 1. The third-order valence-corrected chi connectivity index (χ3v) is 12.6. The lowest BCUT2D eigenvalue weighted by Gasteiger charge is -2.30. The summed E-state index contributed by atoms with van der Waals surface area (Å²) in [6.45, 7) is 5.75. The molecule has 394 valence electrons. The molecule has 72 heavy (non-hydrogen) atoms. The zero-order chi connectivity index (χ0) is 53.5. The van der Waals surface area contributed by atoms with Crippen LogP contribution in [0, 0.1) is 11.8 Å². The minimum atomic E-state index is -1.76. The van der Waals surface area contributed by atoms with Gasteiger partial charge in [-0.05, 0) is 60.1 Å². The Morgan fingerprint density at radius 3 is 2.01 bits per heavy atom. The second kappa shape index (κ2) is 29.8. The van der Waals surface area contributed by atoms with Crippen LogP contribution in [0.15, 0.2) is 54.6 Å². The molecule has 2 aromatic rings. The van der Waals surface area contributed by atoms with Gasteiger partial charge in [0.25, 0.3) is 0 Å². The lowest BCUT2D eigenvalue weighted by atomic mass is 9.96. The van der Waals surface area contributed by atoms with Crippen molar-refractivity contribution in [2.24, 2.45) is 29.0 Å². The quantitative estimate of drug-likeness (QED) is 0.0701. The van der Waals surface area contributed by atoms with Crippen molar-refractivity contribution in [3.05, 3.63) is 65.7 Å². The summed E-state index contributed by atoms with van der Waals surface area (Å²) in [7, 11) is 0. The number of hydrogen-bond acceptors (Lipinski definition) is 13. The van der Waals surface area contributed by atoms with Gasteiger partial charge in [-0.3, -0.25) is 52.7 Å². The average Bonchev–Trinajstić information content (AvgIpc) is 3.31. The van der Waals surface area contributed by atoms with E-state index >= 15 is 0 Å². The number of benzene rings is 2. The van der Waals surface area contributed by atoms with Gasteiger partial charge in [0.15, 0.2) is 0 Å². The lowest BCUT2D eigenvalue weighted by Crippen LogP contribution is -2.61. The number of primary amides is 3. The summed E-state index contributed by atoms with van der Waals surface area (Å²) >= 11 is 1.15. The zero-order valence-electron chi connectivity index (χ0n) is 41.0. The fourth-order valence-corrected chi connectivity index (χ4v) is 8.41. The van der Waals surface area contributed by atoms with Crippen molar-refractivity contribution in [3.63, 3.8) is 0 Å². The Hall–Kier alpha value is -7.24. The van der Waals surface area contributed by atoms with Crippen LogP contribution in [0.2, 0.25) is 0 Å². The number of rotatable bonds is 20. The average molecular weight is 1020 g/mol. The van der Waals surface area contributed by atoms with E-state index in [0.717, 1.165) is 16.7 Å². The molecule has 14 N–H and O–H groups in total. The third-order valence-electron chi connectivity index (χ3n) is 11.4. The van der Waals surface area contributed by atoms with Gasteiger partial charge in [0.2, 0.25) is 65.0 Å². The number of hydrogen-bond donors (Lipinski definition) is 11. The van der Waals surface area contributed by atoms with E-state index < -0.39 is 139 Å². The first kappa shape index (κ1) is 59.1. The van der Waals surface area contributed by atoms with Crippen molar-refractivity contribution < 1.29 is 57.8 Å². The van der Waals surface area contributed by atoms with Gasteiger partial charge in [0.1, 0.15) is 42.0 Å². The summed E-state index contributed by atoms with van der Waals surface area (Å²) in [5, 5.41) is 27.9. The molecule has 1 saturated heterocycles. The molecule has 1 aliphatic heterocycles. The van der Waals surface area contributed by atoms with E-state index in [4.69, 9.17) is 17.2 Å². The highest BCUT2D eigenvalue weighted by atomic mass is 32.2. The first-order chi connectivity index (χ1) is 34.1. The summed E-state index contributed by atoms with van der Waals surface area (Å²) in [4.78, 5) is 149. The summed E-state index contributed by atoms with van der Waals surface area (Å²) in [5.74, 6) is -9.86. The van der Waals surface area contributed by atoms with Crippen LogP contribution < -0.4 is 54.4 Å². The molecule has 0 aliphatic carbocycles. The Morgan fingerprint density at radius 2 is 1.40 bits per heavy atom. The molecule has 0 saturated carbocycles. The summed E-state index contributed by atoms with van der Waals surface area (Å²) < 4.78 is 0. The maximum atomic E-state index is 14.8. The monoisotopic (exact) mass is 1020 g/mol. The molecule has 2 aromatic carbocycles. The highest BCUT2D eigenvalue weighted by molar-refractivity contribution is 7.99. The molecule has 1 heterocycles. The predicted molar refractivity (Wildman–Crippen MR) is 265 cm³/mol. The molecule has 1 aliphatic rings. The SMILES string of the molecule is CC[C@H](C)[C@@H]1NC(=O)[C@H](Cc2ccc(O)cc2)NC(=O)CCCSC[C@@H](C(=O)N(CC(=O)N[C@@H](CC(C)C)C(=O)NCC(N)=O)Cc2ccccc2)NC(=O)[C@H](CC(N)=O)NC(=O)[C@H](CCC(N)=O)NC1=O. The third kappa shape index (κ3) is 21.0. The van der Waals surface area contributed by atoms with Crippen molar-refractivity contribution in [1.29, 1.82) is 0 Å². The number of amides is 11. The largest absolute Gasteiger partial charge is 0.508 e. The van der Waals surface area contributed by atoms with Gasteiger partial charge >= 0.3 is 0 Å². The van der Waals surface area contributed by atoms with Gasteiger partial charge in [-0.25, -0.2) is 0 Å². The Bertz CT molecular complexity index is 2230. The Kier molecular flexibility index (Phi) is 24.5. The standard InChI is InChI=1S/C48H69N11O12S/c1-5-28(4)42-47(70)55-32(17-18-37(49)61)44(67)56-35(22-38(50)62)45(68)57-36(26-72-19-9-12-40(64)53-34(46(69)58-42)21-29-13-15-31(60)16-14-29)48(71)59(24-30-10-7-6-8-11-30)25-41(65)54-33(20-27(2)3)43(66)52-23-39(51)63/h6-8,10-11,13-16,27-28,32-36,42,60H,5,9,12,17-26H2,1-4H3,(H2,49,61)(H2,50,62)(H2,51,63)(H,52,66)(H,53,64)(H,54,65)(H,55,70)(H,56,67)(H,57,68)(H,58,69)/t28-,32-,33-,34-,35-,36-,42-/m0/s1. The van der Waals surface area contributed by atoms with Gasteiger partial charge in [-0.1, -0.05) is 76.6 Å². The van der Waals surface area contributed by atoms with Crippen LogP contribution >= 0.6 is 11.8 Å². The van der Waals surface area contributed by atoms with E-state index in [0.29, 0.717) is 17.5 Å². The maximum absolute atomic E-state index is 14.8. The molecule has 1 fully saturated rings. The number of nitrogens with one attached hydrogen (secondary N) is 7. The number of phenolic OH excluding ortho intramolecular Hbond substituents is 1. The number of carbonyl (C=O) groups excluding carboxylic acids is 11. The van der Waals surface area contributed by atoms with Crippen molar-refractivity contribution >= 4 is 76.7 Å². The van der Waals surface area contributed by atoms with Crippen molar-refractivity contribution in [2.75, 3.05) is 24.6 Å². The van der Waals surface area contributed by atoms with E-state index in [1.165, 1.54) is 12.1 Å². The van der Waals surface area contributed by atoms with Gasteiger partial charge in [0, 0.05) is 31.6 Å². The fraction of sp³-hybridized carbons (Fsp3) is 0.521. The number of aromatic hydroxyl groups is 1. The molecular formula is C48H69N11O12S. The minimum Gasteiger partial charge on any atom is -0.508 e. The summed E-state index contributed by atoms with van der Waals surface area (Å²) in [6, 6.07) is 6.02. The van der Waals surface area contributed by atoms with Crippen LogP contribution in [0.1, 0.15) is 83.8 Å². The number of phenols is 1. The van der Waals surface area contributed by atoms with Crippen molar-refractivity contribution in [2.45, 2.75) is 122 Å². The Balaban J connectivity index is 2.09. The van der Waals surface area contributed by atoms with Crippen LogP contribution in [-0.2, 0) is 65.7 Å². The normalized spacial score (nSPS) is 20.5. The second-order valence-corrected chi connectivity index (χ2v) is 19.2. The first-order valence-corrected chi connectivity index (χ1v) is 24.8. The van der Waals surface area contributed by atoms with Gasteiger partial charge < -0.3 is 64.4 Å². The maximum Gasteiger partial charge on any atom is 0.246 e. The predicted octanol–water partition coefficient (Wildman–Crippen LogP) is -1.77. The molecule has 3 rings (SSSR count). The summed E-state index contributed by atoms with van der Waals surface area (Å²) in [5.41, 5.74) is 17.3. The molecule has 24 heteroatoms. The molecule has 11 amide bonds. The fourth-order valence-electron chi connectivity index (χ4n) is 7.43. The molecule has 0 bridgehead atoms. The van der Waals surface area contributed by atoms with Crippen molar-refractivity contribution in [3.8, 4) is 5.75 Å². The molecule has 7 atom stereocenters. The minimum absolute atomic E-state index is 0.0286. The molecule has 0 unspecified atom stereocenters. The van der Waals surface area contributed by atoms with Crippen LogP contribution in [0.3, 0.4) is 0 Å². The molecule has 0 spiro atoms. The lowest BCUT2D eigenvalue weighted by molar-refractivity contribution is -0.141. The number of thioether (sulfide) groups is 1. The Labute approximate surface area is 422 Å². The van der Waals surface area contributed by atoms with Crippen LogP contribution in [0.25, 0.3) is 0 Å². The molecule has 0 aromatic heterocycles. The van der Waals surface area contributed by atoms with E-state index in [9.17, 15) is 57.8 Å². The highest BCUT2D eigenvalue weighted by Crippen LogP contribution is 2.17. The number of nitrogens with two attached hydrogens (primary N) is 3. The van der Waals surface area contributed by atoms with Gasteiger partial charge in [-0.2, -0.15) is 11.8 Å². The van der Waals surface area contributed by atoms with E-state index in [2.05, 4.69) is 37.2 Å². The van der Waals surface area contributed by atoms with Gasteiger partial charge in [-0.15, -0.1) is 0 Å². The molecular weight excluding hydrogens is 955 g/mol.